The summed E-state index contributed by atoms with van der Waals surface area (Å²) in [4.78, 5) is 10.6. The standard InChI is InChI=1S/C16H15BrFN3O/c17-12-6-11(18)2-3-13(12)22-14-7-19-10-20-15(14)21-8-16(9-21)4-1-5-16/h2-3,6-7,10H,1,4-5,8-9H2. The van der Waals surface area contributed by atoms with Crippen LogP contribution in [0.2, 0.25) is 0 Å². The molecule has 0 atom stereocenters. The zero-order valence-corrected chi connectivity index (χ0v) is 13.5. The molecule has 0 N–H and O–H groups in total. The number of hydrogen-bond acceptors (Lipinski definition) is 4. The van der Waals surface area contributed by atoms with Gasteiger partial charge in [0.05, 0.1) is 10.7 Å². The number of nitrogens with zero attached hydrogens (tertiary/aromatic N) is 3. The number of rotatable bonds is 3. The molecule has 2 heterocycles. The van der Waals surface area contributed by atoms with E-state index in [1.807, 2.05) is 0 Å². The van der Waals surface area contributed by atoms with E-state index in [1.54, 1.807) is 12.3 Å². The summed E-state index contributed by atoms with van der Waals surface area (Å²) in [6, 6.07) is 4.35. The van der Waals surface area contributed by atoms with E-state index in [9.17, 15) is 4.39 Å². The highest BCUT2D eigenvalue weighted by Gasteiger charge is 2.48. The molecular formula is C16H15BrFN3O. The third-order valence-corrected chi connectivity index (χ3v) is 5.16. The molecule has 0 bridgehead atoms. The molecule has 2 aliphatic rings. The van der Waals surface area contributed by atoms with Crippen molar-refractivity contribution in [3.8, 4) is 11.5 Å². The van der Waals surface area contributed by atoms with Gasteiger partial charge in [0, 0.05) is 18.5 Å². The Hall–Kier alpha value is -1.69. The molecule has 6 heteroatoms. The first-order valence-corrected chi connectivity index (χ1v) is 8.12. The van der Waals surface area contributed by atoms with Crippen molar-refractivity contribution in [2.45, 2.75) is 19.3 Å². The van der Waals surface area contributed by atoms with Crippen LogP contribution in [0.1, 0.15) is 19.3 Å². The lowest BCUT2D eigenvalue weighted by Gasteiger charge is -2.56. The summed E-state index contributed by atoms with van der Waals surface area (Å²) in [6.45, 7) is 2.07. The number of benzene rings is 1. The molecule has 1 aromatic carbocycles. The predicted octanol–water partition coefficient (Wildman–Crippen LogP) is 4.16. The lowest BCUT2D eigenvalue weighted by molar-refractivity contribution is 0.0892. The molecule has 4 rings (SSSR count). The van der Waals surface area contributed by atoms with Gasteiger partial charge in [-0.3, -0.25) is 0 Å². The third-order valence-electron chi connectivity index (χ3n) is 4.54. The minimum absolute atomic E-state index is 0.307. The van der Waals surface area contributed by atoms with E-state index in [-0.39, 0.29) is 5.82 Å². The lowest BCUT2D eigenvalue weighted by Crippen LogP contribution is -2.60. The summed E-state index contributed by atoms with van der Waals surface area (Å²) in [5.74, 6) is 1.66. The molecule has 1 spiro atoms. The average Bonchev–Trinajstić information content (AvgIpc) is 2.40. The highest BCUT2D eigenvalue weighted by atomic mass is 79.9. The Morgan fingerprint density at radius 2 is 2.05 bits per heavy atom. The van der Waals surface area contributed by atoms with Crippen LogP contribution in [0.4, 0.5) is 10.2 Å². The van der Waals surface area contributed by atoms with Crippen molar-refractivity contribution in [2.24, 2.45) is 5.41 Å². The lowest BCUT2D eigenvalue weighted by atomic mass is 9.63. The molecule has 0 radical (unpaired) electrons. The third kappa shape index (κ3) is 2.35. The first kappa shape index (κ1) is 13.9. The van der Waals surface area contributed by atoms with Crippen molar-refractivity contribution in [3.63, 3.8) is 0 Å². The van der Waals surface area contributed by atoms with Crippen LogP contribution in [0.15, 0.2) is 35.2 Å². The zero-order chi connectivity index (χ0) is 15.2. The van der Waals surface area contributed by atoms with Crippen molar-refractivity contribution < 1.29 is 9.13 Å². The molecule has 114 valence electrons. The Bertz CT molecular complexity index is 712. The minimum atomic E-state index is -0.307. The second kappa shape index (κ2) is 5.19. The average molecular weight is 364 g/mol. The molecule has 1 saturated heterocycles. The number of aromatic nitrogens is 2. The van der Waals surface area contributed by atoms with Crippen LogP contribution < -0.4 is 9.64 Å². The Labute approximate surface area is 136 Å². The molecule has 22 heavy (non-hydrogen) atoms. The quantitative estimate of drug-likeness (QED) is 0.820. The van der Waals surface area contributed by atoms with Gasteiger partial charge in [0.1, 0.15) is 17.9 Å². The van der Waals surface area contributed by atoms with Crippen LogP contribution in [0, 0.1) is 11.2 Å². The summed E-state index contributed by atoms with van der Waals surface area (Å²) in [5.41, 5.74) is 0.513. The summed E-state index contributed by atoms with van der Waals surface area (Å²) in [7, 11) is 0. The number of ether oxygens (including phenoxy) is 1. The van der Waals surface area contributed by atoms with E-state index in [0.717, 1.165) is 18.9 Å². The Morgan fingerprint density at radius 3 is 2.73 bits per heavy atom. The number of hydrogen-bond donors (Lipinski definition) is 0. The summed E-state index contributed by atoms with van der Waals surface area (Å²) in [5, 5.41) is 0. The molecule has 2 fully saturated rings. The molecule has 1 saturated carbocycles. The van der Waals surface area contributed by atoms with E-state index in [0.29, 0.717) is 21.4 Å². The highest BCUT2D eigenvalue weighted by Crippen LogP contribution is 2.50. The highest BCUT2D eigenvalue weighted by molar-refractivity contribution is 9.10. The van der Waals surface area contributed by atoms with E-state index in [4.69, 9.17) is 4.74 Å². The van der Waals surface area contributed by atoms with Gasteiger partial charge in [0.15, 0.2) is 11.6 Å². The Balaban J connectivity index is 1.57. The second-order valence-electron chi connectivity index (χ2n) is 6.10. The van der Waals surface area contributed by atoms with Crippen LogP contribution in [0.3, 0.4) is 0 Å². The first-order valence-electron chi connectivity index (χ1n) is 7.33. The van der Waals surface area contributed by atoms with Gasteiger partial charge < -0.3 is 9.64 Å². The molecule has 1 aromatic heterocycles. The molecule has 4 nitrogen and oxygen atoms in total. The van der Waals surface area contributed by atoms with Gasteiger partial charge in [0.25, 0.3) is 0 Å². The molecule has 0 unspecified atom stereocenters. The molecular weight excluding hydrogens is 349 g/mol. The summed E-state index contributed by atoms with van der Waals surface area (Å²) < 4.78 is 19.6. The Morgan fingerprint density at radius 1 is 1.23 bits per heavy atom. The van der Waals surface area contributed by atoms with Crippen LogP contribution in [0.5, 0.6) is 11.5 Å². The predicted molar refractivity (Wildman–Crippen MR) is 84.7 cm³/mol. The van der Waals surface area contributed by atoms with Gasteiger partial charge >= 0.3 is 0 Å². The fraction of sp³-hybridized carbons (Fsp3) is 0.375. The van der Waals surface area contributed by atoms with E-state index < -0.39 is 0 Å². The van der Waals surface area contributed by atoms with Crippen molar-refractivity contribution in [1.29, 1.82) is 0 Å². The number of halogens is 2. The molecule has 2 aromatic rings. The van der Waals surface area contributed by atoms with Crippen molar-refractivity contribution in [1.82, 2.24) is 9.97 Å². The van der Waals surface area contributed by atoms with Gasteiger partial charge in [-0.05, 0) is 47.0 Å². The van der Waals surface area contributed by atoms with E-state index in [1.165, 1.54) is 37.7 Å². The Kier molecular flexibility index (Phi) is 3.29. The van der Waals surface area contributed by atoms with Gasteiger partial charge in [-0.25, -0.2) is 14.4 Å². The van der Waals surface area contributed by atoms with Crippen molar-refractivity contribution in [2.75, 3.05) is 18.0 Å². The van der Waals surface area contributed by atoms with E-state index in [2.05, 4.69) is 30.8 Å². The summed E-state index contributed by atoms with van der Waals surface area (Å²) in [6.07, 6.45) is 7.16. The first-order chi connectivity index (χ1) is 10.7. The minimum Gasteiger partial charge on any atom is -0.451 e. The second-order valence-corrected chi connectivity index (χ2v) is 6.95. The molecule has 1 aliphatic carbocycles. The van der Waals surface area contributed by atoms with Gasteiger partial charge in [0.2, 0.25) is 0 Å². The monoisotopic (exact) mass is 363 g/mol. The summed E-state index contributed by atoms with van der Waals surface area (Å²) >= 11 is 3.32. The molecule has 1 aliphatic heterocycles. The normalized spacial score (nSPS) is 18.7. The van der Waals surface area contributed by atoms with Crippen LogP contribution in [-0.4, -0.2) is 23.1 Å². The van der Waals surface area contributed by atoms with Crippen LogP contribution in [0.25, 0.3) is 0 Å². The topological polar surface area (TPSA) is 38.3 Å². The maximum atomic E-state index is 13.2. The van der Waals surface area contributed by atoms with Gasteiger partial charge in [-0.2, -0.15) is 0 Å². The van der Waals surface area contributed by atoms with Crippen molar-refractivity contribution in [3.05, 3.63) is 41.0 Å². The number of anilines is 1. The maximum Gasteiger partial charge on any atom is 0.188 e. The maximum absolute atomic E-state index is 13.2. The largest absolute Gasteiger partial charge is 0.451 e. The fourth-order valence-corrected chi connectivity index (χ4v) is 3.63. The fourth-order valence-electron chi connectivity index (χ4n) is 3.20. The van der Waals surface area contributed by atoms with Gasteiger partial charge in [-0.1, -0.05) is 6.42 Å². The van der Waals surface area contributed by atoms with Crippen LogP contribution >= 0.6 is 15.9 Å². The zero-order valence-electron chi connectivity index (χ0n) is 11.9. The van der Waals surface area contributed by atoms with Crippen molar-refractivity contribution >= 4 is 21.7 Å². The molecule has 0 amide bonds. The van der Waals surface area contributed by atoms with E-state index >= 15 is 0 Å². The van der Waals surface area contributed by atoms with Gasteiger partial charge in [-0.15, -0.1) is 0 Å². The smallest absolute Gasteiger partial charge is 0.188 e. The van der Waals surface area contributed by atoms with Crippen LogP contribution in [-0.2, 0) is 0 Å². The SMILES string of the molecule is Fc1ccc(Oc2cncnc2N2CC3(CCC3)C2)c(Br)c1.